The topological polar surface area (TPSA) is 171 Å². The van der Waals surface area contributed by atoms with Gasteiger partial charge in [-0.25, -0.2) is 0 Å². The van der Waals surface area contributed by atoms with Crippen molar-refractivity contribution in [3.8, 4) is 0 Å². The Bertz CT molecular complexity index is 1280. The molecule has 0 bridgehead atoms. The minimum atomic E-state index is -4.34. The van der Waals surface area contributed by atoms with Crippen LogP contribution in [0.4, 0.5) is 23.3 Å². The van der Waals surface area contributed by atoms with Gasteiger partial charge in [0.25, 0.3) is 20.2 Å². The summed E-state index contributed by atoms with van der Waals surface area (Å²) >= 11 is 5.95. The lowest BCUT2D eigenvalue weighted by molar-refractivity contribution is 0.480. The molecule has 0 spiro atoms. The average Bonchev–Trinajstić information content (AvgIpc) is 2.59. The number of nitrogens with zero attached hydrogens (tertiary/aromatic N) is 3. The van der Waals surface area contributed by atoms with Crippen molar-refractivity contribution >= 4 is 55.1 Å². The lowest BCUT2D eigenvalue weighted by Gasteiger charge is -2.11. The SMILES string of the molecule is Cc1cc(Nc2nc(Cl)nc(Nc3ccc(S(=O)(=O)O)c(C)c3)n2)ccc1S(=O)(=O)O. The van der Waals surface area contributed by atoms with E-state index in [0.717, 1.165) is 0 Å². The van der Waals surface area contributed by atoms with E-state index >= 15 is 0 Å². The highest BCUT2D eigenvalue weighted by Gasteiger charge is 2.15. The summed E-state index contributed by atoms with van der Waals surface area (Å²) in [6.07, 6.45) is 0. The van der Waals surface area contributed by atoms with E-state index in [-0.39, 0.29) is 27.0 Å². The molecule has 1 heterocycles. The maximum atomic E-state index is 11.3. The van der Waals surface area contributed by atoms with Crippen molar-refractivity contribution in [1.82, 2.24) is 15.0 Å². The van der Waals surface area contributed by atoms with Crippen molar-refractivity contribution in [2.75, 3.05) is 10.6 Å². The van der Waals surface area contributed by atoms with Crippen LogP contribution in [-0.4, -0.2) is 40.9 Å². The zero-order valence-corrected chi connectivity index (χ0v) is 18.4. The second kappa shape index (κ2) is 8.36. The molecule has 14 heteroatoms. The summed E-state index contributed by atoms with van der Waals surface area (Å²) in [4.78, 5) is 11.6. The summed E-state index contributed by atoms with van der Waals surface area (Å²) in [5.74, 6) is 0.0977. The van der Waals surface area contributed by atoms with E-state index in [2.05, 4.69) is 25.6 Å². The molecule has 0 fully saturated rings. The highest BCUT2D eigenvalue weighted by molar-refractivity contribution is 7.86. The highest BCUT2D eigenvalue weighted by atomic mass is 35.5. The smallest absolute Gasteiger partial charge is 0.294 e. The van der Waals surface area contributed by atoms with E-state index in [4.69, 9.17) is 11.6 Å². The fourth-order valence-electron chi connectivity index (χ4n) is 2.75. The predicted molar refractivity (Wildman–Crippen MR) is 113 cm³/mol. The first-order chi connectivity index (χ1) is 14.3. The van der Waals surface area contributed by atoms with Gasteiger partial charge in [0.1, 0.15) is 0 Å². The molecule has 0 amide bonds. The van der Waals surface area contributed by atoms with Crippen LogP contribution in [0.25, 0.3) is 0 Å². The third kappa shape index (κ3) is 5.65. The van der Waals surface area contributed by atoms with Crippen LogP contribution in [0.5, 0.6) is 0 Å². The summed E-state index contributed by atoms with van der Waals surface area (Å²) < 4.78 is 63.6. The molecule has 2 aromatic carbocycles. The first-order valence-electron chi connectivity index (χ1n) is 8.45. The lowest BCUT2D eigenvalue weighted by atomic mass is 10.2. The summed E-state index contributed by atoms with van der Waals surface area (Å²) in [6.45, 7) is 3.03. The van der Waals surface area contributed by atoms with Gasteiger partial charge in [0.05, 0.1) is 9.79 Å². The number of benzene rings is 2. The molecule has 4 N–H and O–H groups in total. The molecule has 0 aliphatic carbocycles. The molecular weight excluding hydrogens is 470 g/mol. The number of halogens is 1. The van der Waals surface area contributed by atoms with Crippen molar-refractivity contribution in [3.05, 3.63) is 52.8 Å². The maximum Gasteiger partial charge on any atom is 0.294 e. The lowest BCUT2D eigenvalue weighted by Crippen LogP contribution is -2.06. The van der Waals surface area contributed by atoms with Gasteiger partial charge < -0.3 is 10.6 Å². The van der Waals surface area contributed by atoms with Gasteiger partial charge in [0.2, 0.25) is 17.2 Å². The molecule has 164 valence electrons. The van der Waals surface area contributed by atoms with E-state index in [0.29, 0.717) is 22.5 Å². The van der Waals surface area contributed by atoms with Crippen LogP contribution in [0.3, 0.4) is 0 Å². The Balaban J connectivity index is 1.86. The maximum absolute atomic E-state index is 11.3. The molecular formula is C17H16ClN5O6S2. The van der Waals surface area contributed by atoms with Crippen molar-refractivity contribution in [1.29, 1.82) is 0 Å². The Morgan fingerprint density at radius 1 is 0.742 bits per heavy atom. The Morgan fingerprint density at radius 2 is 1.13 bits per heavy atom. The molecule has 0 saturated carbocycles. The summed E-state index contributed by atoms with van der Waals surface area (Å²) in [6, 6.07) is 8.25. The molecule has 11 nitrogen and oxygen atoms in total. The van der Waals surface area contributed by atoms with Gasteiger partial charge >= 0.3 is 0 Å². The molecule has 3 aromatic rings. The Morgan fingerprint density at radius 3 is 1.45 bits per heavy atom. The van der Waals surface area contributed by atoms with Gasteiger partial charge in [-0.3, -0.25) is 9.11 Å². The molecule has 0 aliphatic rings. The minimum absolute atomic E-state index is 0.0489. The van der Waals surface area contributed by atoms with Crippen LogP contribution in [-0.2, 0) is 20.2 Å². The number of anilines is 4. The van der Waals surface area contributed by atoms with E-state index in [9.17, 15) is 25.9 Å². The number of nitrogens with one attached hydrogen (secondary N) is 2. The van der Waals surface area contributed by atoms with Crippen molar-refractivity contribution in [2.45, 2.75) is 23.6 Å². The van der Waals surface area contributed by atoms with Gasteiger partial charge in [-0.05, 0) is 73.0 Å². The van der Waals surface area contributed by atoms with Crippen LogP contribution in [0.1, 0.15) is 11.1 Å². The van der Waals surface area contributed by atoms with Gasteiger partial charge in [0, 0.05) is 11.4 Å². The second-order valence-corrected chi connectivity index (χ2v) is 9.53. The largest absolute Gasteiger partial charge is 0.324 e. The van der Waals surface area contributed by atoms with Crippen LogP contribution in [0.15, 0.2) is 46.2 Å². The van der Waals surface area contributed by atoms with Gasteiger partial charge in [0.15, 0.2) is 0 Å². The molecule has 0 radical (unpaired) electrons. The molecule has 0 unspecified atom stereocenters. The number of hydrogen-bond donors (Lipinski definition) is 4. The van der Waals surface area contributed by atoms with E-state index in [1.54, 1.807) is 0 Å². The molecule has 0 saturated heterocycles. The quantitative estimate of drug-likeness (QED) is 0.378. The summed E-state index contributed by atoms with van der Waals surface area (Å²) in [5.41, 5.74) is 1.48. The third-order valence-corrected chi connectivity index (χ3v) is 6.22. The zero-order chi connectivity index (χ0) is 23.0. The zero-order valence-electron chi connectivity index (χ0n) is 16.0. The fraction of sp³-hybridized carbons (Fsp3) is 0.118. The van der Waals surface area contributed by atoms with Crippen molar-refractivity contribution in [2.24, 2.45) is 0 Å². The van der Waals surface area contributed by atoms with Crippen LogP contribution in [0.2, 0.25) is 5.28 Å². The highest BCUT2D eigenvalue weighted by Crippen LogP contribution is 2.24. The standard InChI is InChI=1S/C17H16ClN5O6S2/c1-9-7-11(3-5-13(9)30(24,25)26)19-16-21-15(18)22-17(23-16)20-12-4-6-14(10(2)8-12)31(27,28)29/h3-8H,1-2H3,(H,24,25,26)(H,27,28,29)(H2,19,20,21,22,23). The van der Waals surface area contributed by atoms with Crippen molar-refractivity contribution < 1.29 is 25.9 Å². The molecule has 0 aliphatic heterocycles. The fourth-order valence-corrected chi connectivity index (χ4v) is 4.33. The third-order valence-electron chi connectivity index (χ3n) is 4.03. The summed E-state index contributed by atoms with van der Waals surface area (Å²) in [7, 11) is -8.68. The Labute approximate surface area is 183 Å². The minimum Gasteiger partial charge on any atom is -0.324 e. The van der Waals surface area contributed by atoms with Crippen molar-refractivity contribution in [3.63, 3.8) is 0 Å². The van der Waals surface area contributed by atoms with Gasteiger partial charge in [-0.15, -0.1) is 0 Å². The van der Waals surface area contributed by atoms with Crippen LogP contribution < -0.4 is 10.6 Å². The number of hydrogen-bond acceptors (Lipinski definition) is 9. The molecule has 3 rings (SSSR count). The predicted octanol–water partition coefficient (Wildman–Crippen LogP) is 3.12. The molecule has 0 atom stereocenters. The van der Waals surface area contributed by atoms with E-state index < -0.39 is 20.2 Å². The number of rotatable bonds is 6. The Kier molecular flexibility index (Phi) is 6.16. The second-order valence-electron chi connectivity index (χ2n) is 6.41. The van der Waals surface area contributed by atoms with E-state index in [1.165, 1.54) is 50.2 Å². The number of aromatic nitrogens is 3. The molecule has 1 aromatic heterocycles. The average molecular weight is 486 g/mol. The van der Waals surface area contributed by atoms with Gasteiger partial charge in [-0.1, -0.05) is 0 Å². The van der Waals surface area contributed by atoms with E-state index in [1.807, 2.05) is 0 Å². The Hall–Kier alpha value is -2.84. The summed E-state index contributed by atoms with van der Waals surface area (Å²) in [5, 5.41) is 5.57. The normalized spacial score (nSPS) is 11.9. The van der Waals surface area contributed by atoms with Crippen LogP contribution in [0, 0.1) is 13.8 Å². The van der Waals surface area contributed by atoms with Crippen LogP contribution >= 0.6 is 11.6 Å². The monoisotopic (exact) mass is 485 g/mol. The van der Waals surface area contributed by atoms with Gasteiger partial charge in [-0.2, -0.15) is 31.8 Å². The first-order valence-corrected chi connectivity index (χ1v) is 11.7. The molecule has 31 heavy (non-hydrogen) atoms. The first kappa shape index (κ1) is 22.8. The number of aryl methyl sites for hydroxylation is 2.